The van der Waals surface area contributed by atoms with E-state index in [-0.39, 0.29) is 30.2 Å². The molecule has 0 N–H and O–H groups in total. The number of nitrogens with zero attached hydrogens (tertiary/aromatic N) is 2. The van der Waals surface area contributed by atoms with Gasteiger partial charge in [0, 0.05) is 18.7 Å². The van der Waals surface area contributed by atoms with Crippen molar-refractivity contribution < 1.29 is 14.0 Å². The topological polar surface area (TPSA) is 40.6 Å². The fraction of sp³-hybridized carbons (Fsp3) is 0.500. The second-order valence-electron chi connectivity index (χ2n) is 5.88. The van der Waals surface area contributed by atoms with E-state index in [0.29, 0.717) is 24.1 Å². The summed E-state index contributed by atoms with van der Waals surface area (Å²) in [7, 11) is 0. The van der Waals surface area contributed by atoms with Crippen molar-refractivity contribution in [3.63, 3.8) is 0 Å². The predicted molar refractivity (Wildman–Crippen MR) is 75.9 cm³/mol. The first-order chi connectivity index (χ1) is 10.0. The van der Waals surface area contributed by atoms with Crippen LogP contribution in [0.1, 0.15) is 30.9 Å². The molecule has 0 bridgehead atoms. The van der Waals surface area contributed by atoms with E-state index in [1.165, 1.54) is 4.90 Å². The Hall–Kier alpha value is -1.91. The summed E-state index contributed by atoms with van der Waals surface area (Å²) in [6.07, 6.45) is 1.58. The fourth-order valence-electron chi connectivity index (χ4n) is 3.27. The molecule has 0 aromatic heterocycles. The van der Waals surface area contributed by atoms with Crippen molar-refractivity contribution in [2.45, 2.75) is 45.3 Å². The molecule has 5 heteroatoms. The Kier molecular flexibility index (Phi) is 3.43. The molecule has 21 heavy (non-hydrogen) atoms. The van der Waals surface area contributed by atoms with Crippen molar-refractivity contribution in [1.82, 2.24) is 9.80 Å². The van der Waals surface area contributed by atoms with Gasteiger partial charge >= 0.3 is 0 Å². The van der Waals surface area contributed by atoms with Gasteiger partial charge in [0.1, 0.15) is 17.9 Å². The van der Waals surface area contributed by atoms with Gasteiger partial charge in [-0.15, -0.1) is 0 Å². The quantitative estimate of drug-likeness (QED) is 0.834. The largest absolute Gasteiger partial charge is 0.329 e. The van der Waals surface area contributed by atoms with Crippen molar-refractivity contribution in [2.24, 2.45) is 0 Å². The number of amides is 2. The monoisotopic (exact) mass is 290 g/mol. The van der Waals surface area contributed by atoms with E-state index in [1.807, 2.05) is 0 Å². The summed E-state index contributed by atoms with van der Waals surface area (Å²) >= 11 is 0. The molecule has 4 nitrogen and oxygen atoms in total. The molecule has 2 aliphatic heterocycles. The third-order valence-corrected chi connectivity index (χ3v) is 4.54. The van der Waals surface area contributed by atoms with Crippen LogP contribution in [-0.2, 0) is 16.1 Å². The number of hydrogen-bond acceptors (Lipinski definition) is 2. The lowest BCUT2D eigenvalue weighted by Gasteiger charge is -2.41. The molecule has 112 valence electrons. The highest BCUT2D eigenvalue weighted by atomic mass is 19.1. The highest BCUT2D eigenvalue weighted by Gasteiger charge is 2.45. The molecule has 2 amide bonds. The SMILES string of the molecule is Cc1cccc(CN2C(=O)[C@H]3CCCN3C(=O)[C@@H]2C)c1F. The molecule has 0 spiro atoms. The molecule has 0 saturated carbocycles. The number of carbonyl (C=O) groups excluding carboxylic acids is 2. The van der Waals surface area contributed by atoms with E-state index in [4.69, 9.17) is 0 Å². The molecule has 0 aliphatic carbocycles. The van der Waals surface area contributed by atoms with Crippen LogP contribution in [0.25, 0.3) is 0 Å². The minimum Gasteiger partial charge on any atom is -0.329 e. The number of rotatable bonds is 2. The predicted octanol–water partition coefficient (Wildman–Crippen LogP) is 1.86. The zero-order valence-electron chi connectivity index (χ0n) is 12.3. The van der Waals surface area contributed by atoms with Crippen molar-refractivity contribution in [2.75, 3.05) is 6.54 Å². The molecular weight excluding hydrogens is 271 g/mol. The first-order valence-corrected chi connectivity index (χ1v) is 7.35. The Bertz CT molecular complexity index is 602. The van der Waals surface area contributed by atoms with Crippen LogP contribution in [0.5, 0.6) is 0 Å². The lowest BCUT2D eigenvalue weighted by molar-refractivity contribution is -0.159. The molecule has 2 aliphatic rings. The third-order valence-electron chi connectivity index (χ3n) is 4.54. The highest BCUT2D eigenvalue weighted by molar-refractivity contribution is 5.97. The number of hydrogen-bond donors (Lipinski definition) is 0. The standard InChI is InChI=1S/C16H19FN2O2/c1-10-5-3-6-12(14(10)17)9-19-11(2)15(20)18-8-4-7-13(18)16(19)21/h3,5-6,11,13H,4,7-9H2,1-2H3/t11-,13+/m0/s1. The van der Waals surface area contributed by atoms with Gasteiger partial charge in [0.25, 0.3) is 0 Å². The normalized spacial score (nSPS) is 25.5. The Labute approximate surface area is 123 Å². The Morgan fingerprint density at radius 1 is 1.29 bits per heavy atom. The lowest BCUT2D eigenvalue weighted by atomic mass is 10.0. The van der Waals surface area contributed by atoms with Crippen LogP contribution < -0.4 is 0 Å². The maximum Gasteiger partial charge on any atom is 0.246 e. The molecule has 1 aromatic carbocycles. The summed E-state index contributed by atoms with van der Waals surface area (Å²) < 4.78 is 14.1. The van der Waals surface area contributed by atoms with E-state index in [0.717, 1.165) is 6.42 Å². The second kappa shape index (κ2) is 5.13. The summed E-state index contributed by atoms with van der Waals surface area (Å²) in [6.45, 7) is 4.24. The Balaban J connectivity index is 1.89. The molecule has 2 atom stereocenters. The van der Waals surface area contributed by atoms with Crippen LogP contribution >= 0.6 is 0 Å². The van der Waals surface area contributed by atoms with E-state index >= 15 is 0 Å². The smallest absolute Gasteiger partial charge is 0.246 e. The summed E-state index contributed by atoms with van der Waals surface area (Å²) in [6, 6.07) is 4.28. The van der Waals surface area contributed by atoms with Crippen LogP contribution in [0.15, 0.2) is 18.2 Å². The van der Waals surface area contributed by atoms with Gasteiger partial charge in [-0.25, -0.2) is 4.39 Å². The summed E-state index contributed by atoms with van der Waals surface area (Å²) in [4.78, 5) is 28.1. The van der Waals surface area contributed by atoms with E-state index in [9.17, 15) is 14.0 Å². The number of carbonyl (C=O) groups is 2. The zero-order valence-corrected chi connectivity index (χ0v) is 12.3. The molecule has 1 aromatic rings. The van der Waals surface area contributed by atoms with Crippen molar-refractivity contribution in [3.8, 4) is 0 Å². The minimum atomic E-state index is -0.522. The maximum absolute atomic E-state index is 14.1. The molecule has 2 fully saturated rings. The van der Waals surface area contributed by atoms with Crippen LogP contribution in [0, 0.1) is 12.7 Å². The molecule has 0 unspecified atom stereocenters. The van der Waals surface area contributed by atoms with Gasteiger partial charge in [-0.3, -0.25) is 9.59 Å². The van der Waals surface area contributed by atoms with E-state index in [1.54, 1.807) is 36.9 Å². The van der Waals surface area contributed by atoms with Crippen molar-refractivity contribution >= 4 is 11.8 Å². The number of benzene rings is 1. The number of aryl methyl sites for hydroxylation is 1. The van der Waals surface area contributed by atoms with Crippen LogP contribution in [-0.4, -0.2) is 40.2 Å². The maximum atomic E-state index is 14.1. The second-order valence-corrected chi connectivity index (χ2v) is 5.88. The van der Waals surface area contributed by atoms with Gasteiger partial charge in [0.2, 0.25) is 11.8 Å². The van der Waals surface area contributed by atoms with Gasteiger partial charge in [0.05, 0.1) is 0 Å². The number of halogens is 1. The third kappa shape index (κ3) is 2.20. The van der Waals surface area contributed by atoms with Gasteiger partial charge < -0.3 is 9.80 Å². The van der Waals surface area contributed by atoms with Gasteiger partial charge in [-0.05, 0) is 32.3 Å². The van der Waals surface area contributed by atoms with Crippen LogP contribution in [0.3, 0.4) is 0 Å². The van der Waals surface area contributed by atoms with E-state index in [2.05, 4.69) is 0 Å². The first kappa shape index (κ1) is 14.0. The number of piperazine rings is 1. The van der Waals surface area contributed by atoms with Crippen LogP contribution in [0.4, 0.5) is 4.39 Å². The van der Waals surface area contributed by atoms with Crippen LogP contribution in [0.2, 0.25) is 0 Å². The average Bonchev–Trinajstić information content (AvgIpc) is 2.95. The lowest BCUT2D eigenvalue weighted by Crippen LogP contribution is -2.61. The molecule has 3 rings (SSSR count). The number of fused-ring (bicyclic) bond motifs is 1. The Morgan fingerprint density at radius 3 is 2.81 bits per heavy atom. The first-order valence-electron chi connectivity index (χ1n) is 7.35. The molecule has 2 saturated heterocycles. The Morgan fingerprint density at radius 2 is 2.05 bits per heavy atom. The molecular formula is C16H19FN2O2. The van der Waals surface area contributed by atoms with E-state index < -0.39 is 6.04 Å². The molecule has 0 radical (unpaired) electrons. The summed E-state index contributed by atoms with van der Waals surface area (Å²) in [5.41, 5.74) is 1.02. The van der Waals surface area contributed by atoms with Gasteiger partial charge in [-0.1, -0.05) is 18.2 Å². The molecule has 2 heterocycles. The van der Waals surface area contributed by atoms with Gasteiger partial charge in [0.15, 0.2) is 0 Å². The zero-order chi connectivity index (χ0) is 15.1. The van der Waals surface area contributed by atoms with Crippen molar-refractivity contribution in [3.05, 3.63) is 35.1 Å². The summed E-state index contributed by atoms with van der Waals surface area (Å²) in [5, 5.41) is 0. The minimum absolute atomic E-state index is 0.0230. The van der Waals surface area contributed by atoms with Crippen molar-refractivity contribution in [1.29, 1.82) is 0 Å². The fourth-order valence-corrected chi connectivity index (χ4v) is 3.27. The highest BCUT2D eigenvalue weighted by Crippen LogP contribution is 2.28. The summed E-state index contributed by atoms with van der Waals surface area (Å²) in [5.74, 6) is -0.371. The average molecular weight is 290 g/mol. The van der Waals surface area contributed by atoms with Gasteiger partial charge in [-0.2, -0.15) is 0 Å².